The van der Waals surface area contributed by atoms with Crippen LogP contribution in [-0.4, -0.2) is 30.9 Å². The molecule has 1 N–H and O–H groups in total. The molecule has 0 spiro atoms. The number of piperidine rings is 1. The number of thiophene rings is 1. The van der Waals surface area contributed by atoms with Gasteiger partial charge in [0.1, 0.15) is 0 Å². The van der Waals surface area contributed by atoms with Crippen molar-refractivity contribution >= 4 is 27.3 Å². The summed E-state index contributed by atoms with van der Waals surface area (Å²) < 4.78 is 1.30. The van der Waals surface area contributed by atoms with Crippen molar-refractivity contribution in [2.75, 3.05) is 20.1 Å². The van der Waals surface area contributed by atoms with Crippen molar-refractivity contribution < 1.29 is 4.79 Å². The topological polar surface area (TPSA) is 32.3 Å². The molecular weight excluding hydrogens is 268 g/mol. The molecular formula is C16H20N2OS. The molecule has 4 heteroatoms. The van der Waals surface area contributed by atoms with Crippen LogP contribution in [0.25, 0.3) is 10.1 Å². The van der Waals surface area contributed by atoms with Crippen molar-refractivity contribution in [1.29, 1.82) is 0 Å². The fourth-order valence-electron chi connectivity index (χ4n) is 2.87. The maximum absolute atomic E-state index is 12.5. The Bertz CT molecular complexity index is 601. The van der Waals surface area contributed by atoms with Crippen LogP contribution >= 0.6 is 11.3 Å². The molecule has 1 aliphatic heterocycles. The van der Waals surface area contributed by atoms with Crippen molar-refractivity contribution in [2.45, 2.75) is 19.4 Å². The summed E-state index contributed by atoms with van der Waals surface area (Å²) in [7, 11) is 1.93. The Morgan fingerprint density at radius 1 is 1.35 bits per heavy atom. The zero-order chi connectivity index (χ0) is 13.9. The summed E-state index contributed by atoms with van der Waals surface area (Å²) in [5, 5.41) is 6.77. The van der Waals surface area contributed by atoms with E-state index in [2.05, 4.69) is 35.0 Å². The zero-order valence-electron chi connectivity index (χ0n) is 11.8. The molecule has 106 valence electrons. The number of carbonyl (C=O) groups excluding carboxylic acids is 1. The van der Waals surface area contributed by atoms with Crippen LogP contribution < -0.4 is 5.32 Å². The van der Waals surface area contributed by atoms with Crippen LogP contribution in [0.5, 0.6) is 0 Å². The van der Waals surface area contributed by atoms with Crippen LogP contribution in [-0.2, 0) is 11.3 Å². The molecule has 0 unspecified atom stereocenters. The normalized spacial score (nSPS) is 16.4. The number of benzene rings is 1. The predicted octanol–water partition coefficient (Wildman–Crippen LogP) is 2.86. The summed E-state index contributed by atoms with van der Waals surface area (Å²) in [5.41, 5.74) is 1.26. The highest BCUT2D eigenvalue weighted by molar-refractivity contribution is 7.17. The fourth-order valence-corrected chi connectivity index (χ4v) is 3.82. The first-order valence-electron chi connectivity index (χ1n) is 7.16. The lowest BCUT2D eigenvalue weighted by Crippen LogP contribution is -2.38. The summed E-state index contributed by atoms with van der Waals surface area (Å²) in [5.74, 6) is 0.493. The van der Waals surface area contributed by atoms with Crippen LogP contribution in [0.2, 0.25) is 0 Å². The first kappa shape index (κ1) is 13.6. The van der Waals surface area contributed by atoms with Gasteiger partial charge in [-0.05, 0) is 48.3 Å². The van der Waals surface area contributed by atoms with E-state index in [1.54, 1.807) is 11.3 Å². The predicted molar refractivity (Wildman–Crippen MR) is 83.9 cm³/mol. The number of rotatable bonds is 3. The van der Waals surface area contributed by atoms with Gasteiger partial charge in [0.25, 0.3) is 0 Å². The van der Waals surface area contributed by atoms with Gasteiger partial charge in [-0.15, -0.1) is 11.3 Å². The minimum absolute atomic E-state index is 0.200. The summed E-state index contributed by atoms with van der Waals surface area (Å²) in [6.45, 7) is 2.64. The van der Waals surface area contributed by atoms with Crippen molar-refractivity contribution in [3.05, 3.63) is 35.2 Å². The van der Waals surface area contributed by atoms with Crippen LogP contribution in [0, 0.1) is 5.92 Å². The molecule has 2 aromatic rings. The van der Waals surface area contributed by atoms with E-state index in [1.165, 1.54) is 15.6 Å². The largest absolute Gasteiger partial charge is 0.341 e. The SMILES string of the molecule is CN(Cc1csc2ccccc12)C(=O)C1CCNCC1. The van der Waals surface area contributed by atoms with Gasteiger partial charge >= 0.3 is 0 Å². The summed E-state index contributed by atoms with van der Waals surface area (Å²) in [6, 6.07) is 8.40. The second-order valence-corrected chi connectivity index (χ2v) is 6.39. The average Bonchev–Trinajstić information content (AvgIpc) is 2.91. The van der Waals surface area contributed by atoms with Gasteiger partial charge in [-0.3, -0.25) is 4.79 Å². The van der Waals surface area contributed by atoms with Gasteiger partial charge < -0.3 is 10.2 Å². The number of nitrogens with zero attached hydrogens (tertiary/aromatic N) is 1. The maximum Gasteiger partial charge on any atom is 0.225 e. The van der Waals surface area contributed by atoms with E-state index < -0.39 is 0 Å². The molecule has 1 aliphatic rings. The van der Waals surface area contributed by atoms with Crippen LogP contribution in [0.4, 0.5) is 0 Å². The molecule has 1 saturated heterocycles. The maximum atomic E-state index is 12.5. The van der Waals surface area contributed by atoms with E-state index in [1.807, 2.05) is 11.9 Å². The van der Waals surface area contributed by atoms with Gasteiger partial charge in [0.15, 0.2) is 0 Å². The Balaban J connectivity index is 1.71. The van der Waals surface area contributed by atoms with Crippen LogP contribution in [0.3, 0.4) is 0 Å². The van der Waals surface area contributed by atoms with E-state index in [0.29, 0.717) is 12.5 Å². The Morgan fingerprint density at radius 3 is 2.90 bits per heavy atom. The summed E-state index contributed by atoms with van der Waals surface area (Å²) >= 11 is 1.76. The molecule has 0 radical (unpaired) electrons. The minimum Gasteiger partial charge on any atom is -0.341 e. The Kier molecular flexibility index (Phi) is 4.03. The van der Waals surface area contributed by atoms with Crippen LogP contribution in [0.15, 0.2) is 29.6 Å². The van der Waals surface area contributed by atoms with Crippen molar-refractivity contribution in [3.8, 4) is 0 Å². The van der Waals surface area contributed by atoms with Crippen LogP contribution in [0.1, 0.15) is 18.4 Å². The number of fused-ring (bicyclic) bond motifs is 1. The second-order valence-electron chi connectivity index (χ2n) is 5.48. The van der Waals surface area contributed by atoms with Gasteiger partial charge in [0.2, 0.25) is 5.91 Å². The smallest absolute Gasteiger partial charge is 0.225 e. The van der Waals surface area contributed by atoms with Crippen molar-refractivity contribution in [3.63, 3.8) is 0 Å². The molecule has 0 aliphatic carbocycles. The van der Waals surface area contributed by atoms with E-state index >= 15 is 0 Å². The number of hydrogen-bond donors (Lipinski definition) is 1. The highest BCUT2D eigenvalue weighted by Gasteiger charge is 2.24. The van der Waals surface area contributed by atoms with E-state index in [4.69, 9.17) is 0 Å². The first-order valence-corrected chi connectivity index (χ1v) is 8.04. The first-order chi connectivity index (χ1) is 9.75. The van der Waals surface area contributed by atoms with Gasteiger partial charge in [-0.25, -0.2) is 0 Å². The molecule has 1 aromatic heterocycles. The molecule has 1 amide bonds. The van der Waals surface area contributed by atoms with Gasteiger partial charge in [-0.2, -0.15) is 0 Å². The Morgan fingerprint density at radius 2 is 2.10 bits per heavy atom. The van der Waals surface area contributed by atoms with E-state index in [0.717, 1.165) is 25.9 Å². The number of hydrogen-bond acceptors (Lipinski definition) is 3. The quantitative estimate of drug-likeness (QED) is 0.942. The Hall–Kier alpha value is -1.39. The van der Waals surface area contributed by atoms with Crippen molar-refractivity contribution in [1.82, 2.24) is 10.2 Å². The molecule has 2 heterocycles. The highest BCUT2D eigenvalue weighted by atomic mass is 32.1. The highest BCUT2D eigenvalue weighted by Crippen LogP contribution is 2.27. The molecule has 0 atom stereocenters. The lowest BCUT2D eigenvalue weighted by atomic mass is 9.96. The molecule has 3 nitrogen and oxygen atoms in total. The number of nitrogens with one attached hydrogen (secondary N) is 1. The summed E-state index contributed by atoms with van der Waals surface area (Å²) in [6.07, 6.45) is 1.93. The standard InChI is InChI=1S/C16H20N2OS/c1-18(16(19)12-6-8-17-9-7-12)10-13-11-20-15-5-3-2-4-14(13)15/h2-5,11-12,17H,6-10H2,1H3. The van der Waals surface area contributed by atoms with Crippen molar-refractivity contribution in [2.24, 2.45) is 5.92 Å². The van der Waals surface area contributed by atoms with Gasteiger partial charge in [0, 0.05) is 24.2 Å². The molecule has 20 heavy (non-hydrogen) atoms. The third-order valence-corrected chi connectivity index (χ3v) is 5.05. The minimum atomic E-state index is 0.200. The van der Waals surface area contributed by atoms with E-state index in [9.17, 15) is 4.79 Å². The van der Waals surface area contributed by atoms with Gasteiger partial charge in [-0.1, -0.05) is 18.2 Å². The molecule has 3 rings (SSSR count). The monoisotopic (exact) mass is 288 g/mol. The molecule has 0 saturated carbocycles. The average molecular weight is 288 g/mol. The van der Waals surface area contributed by atoms with E-state index in [-0.39, 0.29) is 5.92 Å². The fraction of sp³-hybridized carbons (Fsp3) is 0.438. The molecule has 1 aromatic carbocycles. The van der Waals surface area contributed by atoms with Gasteiger partial charge in [0.05, 0.1) is 0 Å². The number of amides is 1. The molecule has 1 fully saturated rings. The lowest BCUT2D eigenvalue weighted by molar-refractivity contribution is -0.135. The lowest BCUT2D eigenvalue weighted by Gasteiger charge is -2.26. The third-order valence-electron chi connectivity index (χ3n) is 4.03. The summed E-state index contributed by atoms with van der Waals surface area (Å²) in [4.78, 5) is 14.4. The third kappa shape index (κ3) is 2.72. The Labute approximate surface area is 123 Å². The zero-order valence-corrected chi connectivity index (χ0v) is 12.6. The number of carbonyl (C=O) groups is 1. The molecule has 0 bridgehead atoms. The second kappa shape index (κ2) is 5.94.